The lowest BCUT2D eigenvalue weighted by molar-refractivity contribution is 0.533. The number of fused-ring (bicyclic) bond motifs is 1. The van der Waals surface area contributed by atoms with Gasteiger partial charge in [-0.25, -0.2) is 14.9 Å². The fourth-order valence-electron chi connectivity index (χ4n) is 6.50. The molecule has 10 nitrogen and oxygen atoms in total. The van der Waals surface area contributed by atoms with Crippen molar-refractivity contribution in [3.8, 4) is 22.5 Å². The molecule has 0 saturated heterocycles. The van der Waals surface area contributed by atoms with Crippen molar-refractivity contribution < 1.29 is 0 Å². The van der Waals surface area contributed by atoms with Gasteiger partial charge in [0.2, 0.25) is 0 Å². The zero-order chi connectivity index (χ0) is 33.7. The maximum absolute atomic E-state index is 14.5. The third kappa shape index (κ3) is 6.37. The first-order valence-corrected chi connectivity index (χ1v) is 16.8. The fraction of sp³-hybridized carbons (Fsp3) is 0.231. The number of H-pyrrole nitrogens is 1. The SMILES string of the molecule is CCCCc1nc2c(c(=O)n(C(C)c3ccccc3)c(=O)n2CCc2ccccc2)n1Cc1ccc(-c2ccccc2-c2nnn[nH]2)cc1. The molecule has 0 aliphatic carbocycles. The van der Waals surface area contributed by atoms with Gasteiger partial charge >= 0.3 is 5.69 Å². The molecule has 7 rings (SSSR count). The standard InChI is InChI=1S/C39H38N8O2/c1-3-4-19-34-40-37-35(46(34)26-29-20-22-31(23-21-29)32-17-11-12-18-33(32)36-41-43-44-42-36)38(48)47(27(2)30-15-9-6-10-16-30)39(49)45(37)25-24-28-13-7-5-8-14-28/h5-18,20-23,27H,3-4,19,24-26H2,1-2H3,(H,41,42,43,44). The van der Waals surface area contributed by atoms with Gasteiger partial charge in [-0.15, -0.1) is 5.10 Å². The molecule has 1 N–H and O–H groups in total. The summed E-state index contributed by atoms with van der Waals surface area (Å²) in [5.74, 6) is 1.41. The second-order valence-electron chi connectivity index (χ2n) is 12.3. The van der Waals surface area contributed by atoms with Crippen molar-refractivity contribution in [3.05, 3.63) is 153 Å². The summed E-state index contributed by atoms with van der Waals surface area (Å²) in [4.78, 5) is 33.9. The van der Waals surface area contributed by atoms with Crippen molar-refractivity contribution in [3.63, 3.8) is 0 Å². The molecule has 1 unspecified atom stereocenters. The van der Waals surface area contributed by atoms with Gasteiger partial charge in [0.15, 0.2) is 17.0 Å². The number of tetrazole rings is 1. The Kier molecular flexibility index (Phi) is 9.10. The first-order chi connectivity index (χ1) is 24.0. The van der Waals surface area contributed by atoms with Crippen LogP contribution in [0, 0.1) is 0 Å². The number of nitrogens with one attached hydrogen (secondary N) is 1. The highest BCUT2D eigenvalue weighted by atomic mass is 16.2. The maximum Gasteiger partial charge on any atom is 0.333 e. The Hall–Kier alpha value is -5.90. The van der Waals surface area contributed by atoms with Gasteiger partial charge in [0, 0.05) is 25.1 Å². The van der Waals surface area contributed by atoms with E-state index < -0.39 is 6.04 Å². The van der Waals surface area contributed by atoms with E-state index in [1.807, 2.05) is 84.3 Å². The summed E-state index contributed by atoms with van der Waals surface area (Å²) in [7, 11) is 0. The molecule has 10 heteroatoms. The molecule has 0 radical (unpaired) electrons. The Bertz CT molecular complexity index is 2290. The number of aromatic nitrogens is 8. The normalized spacial score (nSPS) is 12.0. The molecule has 246 valence electrons. The smallest absolute Gasteiger partial charge is 0.318 e. The molecule has 3 aromatic heterocycles. The first kappa shape index (κ1) is 31.7. The van der Waals surface area contributed by atoms with E-state index in [1.54, 1.807) is 4.57 Å². The molecule has 0 bridgehead atoms. The third-order valence-corrected chi connectivity index (χ3v) is 9.17. The van der Waals surface area contributed by atoms with Crippen molar-refractivity contribution in [1.29, 1.82) is 0 Å². The summed E-state index contributed by atoms with van der Waals surface area (Å²) in [6, 6.07) is 35.6. The lowest BCUT2D eigenvalue weighted by atomic mass is 9.98. The lowest BCUT2D eigenvalue weighted by Gasteiger charge is -2.18. The quantitative estimate of drug-likeness (QED) is 0.163. The van der Waals surface area contributed by atoms with Crippen LogP contribution in [-0.4, -0.2) is 39.3 Å². The van der Waals surface area contributed by atoms with Crippen LogP contribution in [-0.2, 0) is 25.9 Å². The molecular weight excluding hydrogens is 612 g/mol. The highest BCUT2D eigenvalue weighted by Gasteiger charge is 2.24. The predicted molar refractivity (Wildman–Crippen MR) is 191 cm³/mol. The lowest BCUT2D eigenvalue weighted by Crippen LogP contribution is -2.42. The monoisotopic (exact) mass is 650 g/mol. The van der Waals surface area contributed by atoms with E-state index in [1.165, 1.54) is 4.57 Å². The van der Waals surface area contributed by atoms with Crippen LogP contribution in [0.1, 0.15) is 55.2 Å². The number of unbranched alkanes of at least 4 members (excludes halogenated alkanes) is 1. The number of aryl methyl sites for hydroxylation is 3. The topological polar surface area (TPSA) is 116 Å². The van der Waals surface area contributed by atoms with Crippen LogP contribution in [0.4, 0.5) is 0 Å². The summed E-state index contributed by atoms with van der Waals surface area (Å²) in [6.45, 7) is 4.90. The van der Waals surface area contributed by atoms with Crippen molar-refractivity contribution in [2.75, 3.05) is 0 Å². The third-order valence-electron chi connectivity index (χ3n) is 9.17. The minimum absolute atomic E-state index is 0.325. The largest absolute Gasteiger partial charge is 0.333 e. The average molecular weight is 651 g/mol. The number of hydrogen-bond donors (Lipinski definition) is 1. The molecule has 0 saturated carbocycles. The van der Waals surface area contributed by atoms with E-state index in [9.17, 15) is 9.59 Å². The molecule has 49 heavy (non-hydrogen) atoms. The van der Waals surface area contributed by atoms with Gasteiger partial charge < -0.3 is 4.57 Å². The van der Waals surface area contributed by atoms with Crippen molar-refractivity contribution >= 4 is 11.2 Å². The molecule has 3 heterocycles. The summed E-state index contributed by atoms with van der Waals surface area (Å²) in [5, 5.41) is 14.5. The number of aromatic amines is 1. The molecule has 0 aliphatic heterocycles. The number of nitrogens with zero attached hydrogens (tertiary/aromatic N) is 7. The van der Waals surface area contributed by atoms with Gasteiger partial charge in [-0.1, -0.05) is 123 Å². The second-order valence-corrected chi connectivity index (χ2v) is 12.3. The van der Waals surface area contributed by atoms with Gasteiger partial charge in [-0.3, -0.25) is 13.9 Å². The fourth-order valence-corrected chi connectivity index (χ4v) is 6.50. The molecular formula is C39H38N8O2. The highest BCUT2D eigenvalue weighted by molar-refractivity contribution is 5.80. The minimum Gasteiger partial charge on any atom is -0.318 e. The van der Waals surface area contributed by atoms with Crippen LogP contribution in [0.3, 0.4) is 0 Å². The van der Waals surface area contributed by atoms with Crippen molar-refractivity contribution in [1.82, 2.24) is 39.3 Å². The number of hydrogen-bond acceptors (Lipinski definition) is 6. The Morgan fingerprint density at radius 3 is 2.14 bits per heavy atom. The number of benzene rings is 4. The molecule has 1 atom stereocenters. The molecule has 4 aromatic carbocycles. The maximum atomic E-state index is 14.5. The Balaban J connectivity index is 1.34. The molecule has 0 spiro atoms. The van der Waals surface area contributed by atoms with Crippen molar-refractivity contribution in [2.24, 2.45) is 0 Å². The van der Waals surface area contributed by atoms with Gasteiger partial charge in [-0.05, 0) is 58.0 Å². The first-order valence-electron chi connectivity index (χ1n) is 16.8. The van der Waals surface area contributed by atoms with E-state index in [4.69, 9.17) is 4.98 Å². The average Bonchev–Trinajstić information content (AvgIpc) is 3.81. The zero-order valence-electron chi connectivity index (χ0n) is 27.7. The van der Waals surface area contributed by atoms with E-state index in [0.29, 0.717) is 42.9 Å². The number of imidazole rings is 1. The van der Waals surface area contributed by atoms with Gasteiger partial charge in [-0.2, -0.15) is 0 Å². The summed E-state index contributed by atoms with van der Waals surface area (Å²) < 4.78 is 5.14. The van der Waals surface area contributed by atoms with E-state index in [2.05, 4.69) is 63.9 Å². The number of rotatable bonds is 12. The van der Waals surface area contributed by atoms with Crippen LogP contribution in [0.2, 0.25) is 0 Å². The van der Waals surface area contributed by atoms with Gasteiger partial charge in [0.05, 0.1) is 6.04 Å². The summed E-state index contributed by atoms with van der Waals surface area (Å²) >= 11 is 0. The van der Waals surface area contributed by atoms with Gasteiger partial charge in [0.1, 0.15) is 5.82 Å². The Morgan fingerprint density at radius 1 is 0.755 bits per heavy atom. The van der Waals surface area contributed by atoms with Crippen LogP contribution >= 0.6 is 0 Å². The minimum atomic E-state index is -0.463. The van der Waals surface area contributed by atoms with Crippen LogP contribution in [0.15, 0.2) is 119 Å². The second kappa shape index (κ2) is 14.1. The van der Waals surface area contributed by atoms with Crippen molar-refractivity contribution in [2.45, 2.75) is 58.7 Å². The van der Waals surface area contributed by atoms with E-state index in [-0.39, 0.29) is 11.2 Å². The van der Waals surface area contributed by atoms with Crippen LogP contribution in [0.25, 0.3) is 33.7 Å². The molecule has 0 fully saturated rings. The molecule has 7 aromatic rings. The predicted octanol–water partition coefficient (Wildman–Crippen LogP) is 6.45. The van der Waals surface area contributed by atoms with Gasteiger partial charge in [0.25, 0.3) is 5.56 Å². The molecule has 0 amide bonds. The zero-order valence-corrected chi connectivity index (χ0v) is 27.7. The van der Waals surface area contributed by atoms with E-state index >= 15 is 0 Å². The summed E-state index contributed by atoms with van der Waals surface area (Å²) in [6.07, 6.45) is 3.23. The Labute approximate surface area is 283 Å². The van der Waals surface area contributed by atoms with E-state index in [0.717, 1.165) is 52.0 Å². The highest BCUT2D eigenvalue weighted by Crippen LogP contribution is 2.30. The molecule has 0 aliphatic rings. The van der Waals surface area contributed by atoms with Crippen LogP contribution < -0.4 is 11.2 Å². The Morgan fingerprint density at radius 2 is 1.45 bits per heavy atom. The summed E-state index contributed by atoms with van der Waals surface area (Å²) in [5.41, 5.74) is 6.18. The van der Waals surface area contributed by atoms with Crippen LogP contribution in [0.5, 0.6) is 0 Å².